The zero-order chi connectivity index (χ0) is 18.8. The van der Waals surface area contributed by atoms with Crippen molar-refractivity contribution in [3.05, 3.63) is 54.6 Å². The van der Waals surface area contributed by atoms with E-state index in [1.54, 1.807) is 18.6 Å². The fourth-order valence-corrected chi connectivity index (χ4v) is 2.84. The highest BCUT2D eigenvalue weighted by atomic mass is 16.5. The lowest BCUT2D eigenvalue weighted by molar-refractivity contribution is 0.380. The van der Waals surface area contributed by atoms with Gasteiger partial charge in [-0.15, -0.1) is 0 Å². The third-order valence-electron chi connectivity index (χ3n) is 4.22. The number of pyridine rings is 1. The van der Waals surface area contributed by atoms with E-state index < -0.39 is 0 Å². The van der Waals surface area contributed by atoms with Crippen LogP contribution in [0.4, 0.5) is 0 Å². The SMILES string of the molecule is COc1ncc(-c2nccc(Cc3cc4c(cn3)ncn4C(C)C)n2)cn1. The largest absolute Gasteiger partial charge is 0.467 e. The zero-order valence-electron chi connectivity index (χ0n) is 15.4. The first kappa shape index (κ1) is 17.0. The summed E-state index contributed by atoms with van der Waals surface area (Å²) in [6.45, 7) is 4.27. The molecule has 0 radical (unpaired) electrons. The van der Waals surface area contributed by atoms with Crippen LogP contribution in [0.5, 0.6) is 6.01 Å². The molecule has 0 aliphatic carbocycles. The number of methoxy groups -OCH3 is 1. The highest BCUT2D eigenvalue weighted by Crippen LogP contribution is 2.19. The Bertz CT molecular complexity index is 1070. The van der Waals surface area contributed by atoms with E-state index in [-0.39, 0.29) is 0 Å². The van der Waals surface area contributed by atoms with Gasteiger partial charge in [0, 0.05) is 36.7 Å². The Hall–Kier alpha value is -3.42. The van der Waals surface area contributed by atoms with Gasteiger partial charge in [0.1, 0.15) is 5.52 Å². The van der Waals surface area contributed by atoms with Crippen LogP contribution in [-0.4, -0.2) is 41.6 Å². The summed E-state index contributed by atoms with van der Waals surface area (Å²) < 4.78 is 7.12. The van der Waals surface area contributed by atoms with Crippen LogP contribution >= 0.6 is 0 Å². The molecule has 0 N–H and O–H groups in total. The molecule has 0 aliphatic heterocycles. The number of rotatable bonds is 5. The Labute approximate surface area is 156 Å². The molecular weight excluding hydrogens is 342 g/mol. The van der Waals surface area contributed by atoms with E-state index in [0.29, 0.717) is 24.3 Å². The van der Waals surface area contributed by atoms with Crippen LogP contribution in [0.15, 0.2) is 43.2 Å². The van der Waals surface area contributed by atoms with Crippen LogP contribution < -0.4 is 4.74 Å². The summed E-state index contributed by atoms with van der Waals surface area (Å²) in [5.74, 6) is 0.573. The maximum Gasteiger partial charge on any atom is 0.316 e. The van der Waals surface area contributed by atoms with Crippen molar-refractivity contribution in [1.29, 1.82) is 0 Å². The minimum Gasteiger partial charge on any atom is -0.467 e. The average Bonchev–Trinajstić information content (AvgIpc) is 3.12. The van der Waals surface area contributed by atoms with Crippen molar-refractivity contribution < 1.29 is 4.74 Å². The number of nitrogens with zero attached hydrogens (tertiary/aromatic N) is 7. The van der Waals surface area contributed by atoms with Gasteiger partial charge in [-0.1, -0.05) is 0 Å². The van der Waals surface area contributed by atoms with Gasteiger partial charge in [-0.2, -0.15) is 0 Å². The van der Waals surface area contributed by atoms with Crippen LogP contribution in [0.25, 0.3) is 22.4 Å². The van der Waals surface area contributed by atoms with Crippen LogP contribution in [-0.2, 0) is 6.42 Å². The summed E-state index contributed by atoms with van der Waals surface area (Å²) in [7, 11) is 1.53. The molecule has 4 aromatic heterocycles. The normalized spacial score (nSPS) is 11.3. The highest BCUT2D eigenvalue weighted by molar-refractivity contribution is 5.74. The second-order valence-corrected chi connectivity index (χ2v) is 6.42. The van der Waals surface area contributed by atoms with Crippen LogP contribution in [0, 0.1) is 0 Å². The first-order valence-electron chi connectivity index (χ1n) is 8.64. The molecule has 0 fully saturated rings. The molecule has 0 saturated carbocycles. The van der Waals surface area contributed by atoms with Crippen molar-refractivity contribution in [2.75, 3.05) is 7.11 Å². The molecular formula is C19H19N7O. The summed E-state index contributed by atoms with van der Waals surface area (Å²) in [5.41, 5.74) is 4.51. The third kappa shape index (κ3) is 3.46. The summed E-state index contributed by atoms with van der Waals surface area (Å²) in [5, 5.41) is 0. The van der Waals surface area contributed by atoms with Gasteiger partial charge in [-0.3, -0.25) is 4.98 Å². The van der Waals surface area contributed by atoms with Crippen LogP contribution in [0.1, 0.15) is 31.3 Å². The molecule has 0 saturated heterocycles. The number of hydrogen-bond acceptors (Lipinski definition) is 7. The molecule has 0 aromatic carbocycles. The van der Waals surface area contributed by atoms with Gasteiger partial charge in [0.25, 0.3) is 0 Å². The molecule has 8 heteroatoms. The monoisotopic (exact) mass is 361 g/mol. The van der Waals surface area contributed by atoms with E-state index in [2.05, 4.69) is 54.4 Å². The Balaban J connectivity index is 1.62. The Morgan fingerprint density at radius 2 is 1.81 bits per heavy atom. The first-order chi connectivity index (χ1) is 13.1. The second-order valence-electron chi connectivity index (χ2n) is 6.42. The lowest BCUT2D eigenvalue weighted by atomic mass is 10.2. The van der Waals surface area contributed by atoms with Crippen molar-refractivity contribution in [3.8, 4) is 17.4 Å². The second kappa shape index (κ2) is 7.06. The fraction of sp³-hybridized carbons (Fsp3) is 0.263. The summed E-state index contributed by atoms with van der Waals surface area (Å²) in [6.07, 6.45) is 9.30. The molecule has 0 atom stereocenters. The number of ether oxygens (including phenoxy) is 1. The van der Waals surface area contributed by atoms with Crippen molar-refractivity contribution in [2.24, 2.45) is 0 Å². The quantitative estimate of drug-likeness (QED) is 0.540. The third-order valence-corrected chi connectivity index (χ3v) is 4.22. The van der Waals surface area contributed by atoms with Gasteiger partial charge >= 0.3 is 6.01 Å². The van der Waals surface area contributed by atoms with E-state index in [1.807, 2.05) is 18.6 Å². The van der Waals surface area contributed by atoms with Gasteiger partial charge in [0.15, 0.2) is 5.82 Å². The standard InChI is InChI=1S/C19H19N7O/c1-12(2)26-11-24-16-10-21-15(7-17(16)26)6-14-4-5-20-18(25-14)13-8-22-19(27-3)23-9-13/h4-5,7-12H,6H2,1-3H3. The van der Waals surface area contributed by atoms with Gasteiger partial charge in [0.05, 0.1) is 36.4 Å². The van der Waals surface area contributed by atoms with Gasteiger partial charge in [0.2, 0.25) is 0 Å². The lowest BCUT2D eigenvalue weighted by Crippen LogP contribution is -2.01. The summed E-state index contributed by atoms with van der Waals surface area (Å²) in [6, 6.07) is 4.61. The average molecular weight is 361 g/mol. The molecule has 0 aliphatic rings. The van der Waals surface area contributed by atoms with Crippen molar-refractivity contribution in [2.45, 2.75) is 26.3 Å². The molecule has 4 heterocycles. The highest BCUT2D eigenvalue weighted by Gasteiger charge is 2.10. The van der Waals surface area contributed by atoms with E-state index in [0.717, 1.165) is 28.0 Å². The topological polar surface area (TPSA) is 91.5 Å². The van der Waals surface area contributed by atoms with Crippen LogP contribution in [0.2, 0.25) is 0 Å². The van der Waals surface area contributed by atoms with Crippen LogP contribution in [0.3, 0.4) is 0 Å². The zero-order valence-corrected chi connectivity index (χ0v) is 15.4. The molecule has 8 nitrogen and oxygen atoms in total. The molecule has 0 amide bonds. The van der Waals surface area contributed by atoms with Gasteiger partial charge < -0.3 is 9.30 Å². The number of fused-ring (bicyclic) bond motifs is 1. The number of imidazole rings is 1. The maximum atomic E-state index is 4.98. The first-order valence-corrected chi connectivity index (χ1v) is 8.64. The van der Waals surface area contributed by atoms with Gasteiger partial charge in [-0.05, 0) is 26.0 Å². The maximum absolute atomic E-state index is 4.98. The van der Waals surface area contributed by atoms with E-state index in [1.165, 1.54) is 7.11 Å². The molecule has 136 valence electrons. The van der Waals surface area contributed by atoms with Crippen molar-refractivity contribution in [1.82, 2.24) is 34.5 Å². The summed E-state index contributed by atoms with van der Waals surface area (Å²) in [4.78, 5) is 26.1. The van der Waals surface area contributed by atoms with Crippen molar-refractivity contribution >= 4 is 11.0 Å². The predicted octanol–water partition coefficient (Wildman–Crippen LogP) is 2.86. The Morgan fingerprint density at radius 3 is 2.56 bits per heavy atom. The molecule has 0 spiro atoms. The van der Waals surface area contributed by atoms with E-state index in [9.17, 15) is 0 Å². The predicted molar refractivity (Wildman–Crippen MR) is 100 cm³/mol. The lowest BCUT2D eigenvalue weighted by Gasteiger charge is -2.08. The molecule has 0 unspecified atom stereocenters. The van der Waals surface area contributed by atoms with Gasteiger partial charge in [-0.25, -0.2) is 24.9 Å². The molecule has 27 heavy (non-hydrogen) atoms. The molecule has 0 bridgehead atoms. The Kier molecular flexibility index (Phi) is 4.45. The minimum absolute atomic E-state index is 0.314. The molecule has 4 rings (SSSR count). The van der Waals surface area contributed by atoms with E-state index in [4.69, 9.17) is 4.74 Å². The van der Waals surface area contributed by atoms with Crippen molar-refractivity contribution in [3.63, 3.8) is 0 Å². The number of hydrogen-bond donors (Lipinski definition) is 0. The minimum atomic E-state index is 0.314. The smallest absolute Gasteiger partial charge is 0.316 e. The Morgan fingerprint density at radius 1 is 1.00 bits per heavy atom. The molecule has 4 aromatic rings. The summed E-state index contributed by atoms with van der Waals surface area (Å²) >= 11 is 0. The fourth-order valence-electron chi connectivity index (χ4n) is 2.84. The number of aromatic nitrogens is 7. The van der Waals surface area contributed by atoms with E-state index >= 15 is 0 Å².